The molecule has 1 N–H and O–H groups in total. The average Bonchev–Trinajstić information content (AvgIpc) is 3.22. The van der Waals surface area contributed by atoms with Gasteiger partial charge in [-0.25, -0.2) is 33.1 Å². The van der Waals surface area contributed by atoms with Crippen LogP contribution in [0, 0.1) is 0 Å². The van der Waals surface area contributed by atoms with Gasteiger partial charge in [-0.2, -0.15) is 0 Å². The number of hydrogen-bond donors (Lipinski definition) is 1. The maximum absolute atomic E-state index is 12.1. The molecule has 0 atom stereocenters. The zero-order valence-corrected chi connectivity index (χ0v) is 20.0. The van der Waals surface area contributed by atoms with Gasteiger partial charge in [0, 0.05) is 6.07 Å². The first-order valence-corrected chi connectivity index (χ1v) is 12.0. The lowest BCUT2D eigenvalue weighted by atomic mass is 10.2. The zero-order valence-electron chi connectivity index (χ0n) is 19.1. The van der Waals surface area contributed by atoms with Crippen molar-refractivity contribution in [1.82, 2.24) is 29.2 Å². The molecule has 11 nitrogen and oxygen atoms in total. The molecule has 0 spiro atoms. The number of benzene rings is 1. The summed E-state index contributed by atoms with van der Waals surface area (Å²) in [6.45, 7) is 2.33. The van der Waals surface area contributed by atoms with Crippen molar-refractivity contribution in [1.29, 1.82) is 0 Å². The smallest absolute Gasteiger partial charge is 0.217 e. The first-order valence-electron chi connectivity index (χ1n) is 10.4. The third-order valence-electron chi connectivity index (χ3n) is 4.94. The topological polar surface area (TPSA) is 130 Å². The molecular formula is C22H24N6O5S. The number of fused-ring (bicyclic) bond motifs is 1. The van der Waals surface area contributed by atoms with Gasteiger partial charge in [-0.1, -0.05) is 12.1 Å². The molecule has 0 fully saturated rings. The summed E-state index contributed by atoms with van der Waals surface area (Å²) in [5.74, 6) is 1.50. The second-order valence-corrected chi connectivity index (χ2v) is 8.97. The number of pyridine rings is 1. The van der Waals surface area contributed by atoms with Crippen molar-refractivity contribution >= 4 is 21.3 Å². The molecule has 0 saturated heterocycles. The number of hydrogen-bond acceptors (Lipinski definition) is 9. The van der Waals surface area contributed by atoms with E-state index in [0.29, 0.717) is 52.5 Å². The van der Waals surface area contributed by atoms with Gasteiger partial charge in [0.15, 0.2) is 17.1 Å². The van der Waals surface area contributed by atoms with Gasteiger partial charge in [-0.3, -0.25) is 4.57 Å². The number of sulfonamides is 1. The number of rotatable bonds is 9. The van der Waals surface area contributed by atoms with Crippen LogP contribution in [0.25, 0.3) is 28.5 Å². The Morgan fingerprint density at radius 2 is 1.71 bits per heavy atom. The highest BCUT2D eigenvalue weighted by Gasteiger charge is 2.24. The van der Waals surface area contributed by atoms with Crippen molar-refractivity contribution in [2.45, 2.75) is 12.7 Å². The van der Waals surface area contributed by atoms with Gasteiger partial charge in [-0.05, 0) is 32.2 Å². The molecule has 0 aliphatic heterocycles. The number of nitrogens with zero attached hydrogens (tertiary/aromatic N) is 5. The van der Waals surface area contributed by atoms with E-state index in [4.69, 9.17) is 14.2 Å². The van der Waals surface area contributed by atoms with E-state index in [2.05, 4.69) is 24.7 Å². The fourth-order valence-electron chi connectivity index (χ4n) is 3.43. The molecule has 4 rings (SSSR count). The van der Waals surface area contributed by atoms with Crippen LogP contribution in [0.4, 0.5) is 0 Å². The highest BCUT2D eigenvalue weighted by atomic mass is 32.2. The van der Waals surface area contributed by atoms with E-state index in [0.717, 1.165) is 0 Å². The highest BCUT2D eigenvalue weighted by Crippen LogP contribution is 2.37. The molecule has 0 radical (unpaired) electrons. The van der Waals surface area contributed by atoms with Gasteiger partial charge in [0.25, 0.3) is 0 Å². The molecule has 3 heterocycles. The monoisotopic (exact) mass is 484 g/mol. The molecule has 0 aliphatic rings. The fourth-order valence-corrected chi connectivity index (χ4v) is 4.10. The molecular weight excluding hydrogens is 460 g/mol. The lowest BCUT2D eigenvalue weighted by Crippen LogP contribution is -2.21. The molecule has 178 valence electrons. The standard InChI is InChI=1S/C22H24N6O5S/c1-5-33-18-11-6-8-15(26-18)21-27-20-22(25-14(12-24-20)13-34(29,30)23-2)28(21)19-16(31-3)9-7-10-17(19)32-4/h6-12,23H,5,13H2,1-4H3. The third kappa shape index (κ3) is 4.50. The van der Waals surface area contributed by atoms with E-state index in [-0.39, 0.29) is 11.4 Å². The summed E-state index contributed by atoms with van der Waals surface area (Å²) in [6, 6.07) is 10.7. The summed E-state index contributed by atoms with van der Waals surface area (Å²) < 4.78 is 45.0. The van der Waals surface area contributed by atoms with Crippen molar-refractivity contribution in [3.8, 4) is 34.6 Å². The molecule has 34 heavy (non-hydrogen) atoms. The van der Waals surface area contributed by atoms with Crippen LogP contribution in [0.1, 0.15) is 12.6 Å². The van der Waals surface area contributed by atoms with E-state index in [1.165, 1.54) is 13.2 Å². The highest BCUT2D eigenvalue weighted by molar-refractivity contribution is 7.88. The maximum atomic E-state index is 12.1. The molecule has 12 heteroatoms. The number of aromatic nitrogens is 5. The van der Waals surface area contributed by atoms with Gasteiger partial charge < -0.3 is 14.2 Å². The summed E-state index contributed by atoms with van der Waals surface area (Å²) in [5, 5.41) is 0. The Morgan fingerprint density at radius 3 is 2.35 bits per heavy atom. The van der Waals surface area contributed by atoms with E-state index in [1.54, 1.807) is 49.1 Å². The molecule has 0 bridgehead atoms. The molecule has 0 saturated carbocycles. The van der Waals surface area contributed by atoms with Crippen molar-refractivity contribution in [3.05, 3.63) is 48.3 Å². The number of ether oxygens (including phenoxy) is 3. The lowest BCUT2D eigenvalue weighted by molar-refractivity contribution is 0.327. The molecule has 0 amide bonds. The van der Waals surface area contributed by atoms with Crippen LogP contribution in [0.2, 0.25) is 0 Å². The predicted molar refractivity (Wildman–Crippen MR) is 126 cm³/mol. The third-order valence-corrected chi connectivity index (χ3v) is 6.24. The van der Waals surface area contributed by atoms with Gasteiger partial charge in [0.2, 0.25) is 15.9 Å². The quantitative estimate of drug-likeness (QED) is 0.380. The Hall–Kier alpha value is -3.77. The Bertz CT molecular complexity index is 1420. The first kappa shape index (κ1) is 23.4. The predicted octanol–water partition coefficient (Wildman–Crippen LogP) is 2.34. The van der Waals surface area contributed by atoms with Crippen molar-refractivity contribution < 1.29 is 22.6 Å². The number of imidazole rings is 1. The Kier molecular flexibility index (Phi) is 6.61. The molecule has 3 aromatic heterocycles. The SMILES string of the molecule is CCOc1cccc(-c2nc3ncc(CS(=O)(=O)NC)nc3n2-c2c(OC)cccc2OC)n1. The second-order valence-electron chi connectivity index (χ2n) is 7.05. The van der Waals surface area contributed by atoms with Crippen LogP contribution >= 0.6 is 0 Å². The van der Waals surface area contributed by atoms with Crippen LogP contribution in [0.3, 0.4) is 0 Å². The minimum absolute atomic E-state index is 0.249. The van der Waals surface area contributed by atoms with Crippen LogP contribution in [0.5, 0.6) is 17.4 Å². The van der Waals surface area contributed by atoms with E-state index in [9.17, 15) is 8.42 Å². The summed E-state index contributed by atoms with van der Waals surface area (Å²) in [6.07, 6.45) is 1.39. The van der Waals surface area contributed by atoms with Crippen molar-refractivity contribution in [3.63, 3.8) is 0 Å². The maximum Gasteiger partial charge on any atom is 0.217 e. The second kappa shape index (κ2) is 9.61. The van der Waals surface area contributed by atoms with Crippen LogP contribution in [0.15, 0.2) is 42.6 Å². The Morgan fingerprint density at radius 1 is 1.00 bits per heavy atom. The first-order chi connectivity index (χ1) is 16.4. The van der Waals surface area contributed by atoms with E-state index >= 15 is 0 Å². The van der Waals surface area contributed by atoms with Gasteiger partial charge in [0.05, 0.1) is 32.7 Å². The van der Waals surface area contributed by atoms with E-state index < -0.39 is 10.0 Å². The minimum atomic E-state index is -3.56. The number of nitrogens with one attached hydrogen (secondary N) is 1. The van der Waals surface area contributed by atoms with Crippen molar-refractivity contribution in [2.24, 2.45) is 0 Å². The molecule has 1 aromatic carbocycles. The van der Waals surface area contributed by atoms with Gasteiger partial charge in [0.1, 0.15) is 28.6 Å². The summed E-state index contributed by atoms with van der Waals surface area (Å²) in [7, 11) is 0.872. The molecule has 0 unspecified atom stereocenters. The summed E-state index contributed by atoms with van der Waals surface area (Å²) in [5.41, 5.74) is 1.90. The number of para-hydroxylation sites is 1. The van der Waals surface area contributed by atoms with E-state index in [1.807, 2.05) is 13.0 Å². The average molecular weight is 485 g/mol. The van der Waals surface area contributed by atoms with Crippen molar-refractivity contribution in [2.75, 3.05) is 27.9 Å². The summed E-state index contributed by atoms with van der Waals surface area (Å²) >= 11 is 0. The lowest BCUT2D eigenvalue weighted by Gasteiger charge is -2.16. The summed E-state index contributed by atoms with van der Waals surface area (Å²) in [4.78, 5) is 18.2. The van der Waals surface area contributed by atoms with Crippen LogP contribution in [-0.2, 0) is 15.8 Å². The van der Waals surface area contributed by atoms with Crippen LogP contribution in [-0.4, -0.2) is 60.8 Å². The normalized spacial score (nSPS) is 11.5. The fraction of sp³-hybridized carbons (Fsp3) is 0.273. The number of methoxy groups -OCH3 is 2. The van der Waals surface area contributed by atoms with Gasteiger partial charge >= 0.3 is 0 Å². The minimum Gasteiger partial charge on any atom is -0.494 e. The van der Waals surface area contributed by atoms with Gasteiger partial charge in [-0.15, -0.1) is 0 Å². The molecule has 0 aliphatic carbocycles. The Labute approximate surface area is 196 Å². The van der Waals surface area contributed by atoms with Crippen LogP contribution < -0.4 is 18.9 Å². The zero-order chi connectivity index (χ0) is 24.3. The molecule has 4 aromatic rings. The largest absolute Gasteiger partial charge is 0.494 e. The Balaban J connectivity index is 2.04.